The van der Waals surface area contributed by atoms with Crippen molar-refractivity contribution in [3.8, 4) is 0 Å². The maximum Gasteiger partial charge on any atom is 0.123 e. The van der Waals surface area contributed by atoms with Gasteiger partial charge in [-0.2, -0.15) is 0 Å². The fourth-order valence-electron chi connectivity index (χ4n) is 5.08. The van der Waals surface area contributed by atoms with E-state index >= 15 is 0 Å². The van der Waals surface area contributed by atoms with Crippen LogP contribution in [0.3, 0.4) is 0 Å². The van der Waals surface area contributed by atoms with Crippen molar-refractivity contribution in [1.29, 1.82) is 0 Å². The zero-order valence-electron chi connectivity index (χ0n) is 17.0. The fourth-order valence-corrected chi connectivity index (χ4v) is 5.08. The summed E-state index contributed by atoms with van der Waals surface area (Å²) in [6.45, 7) is 5.58. The van der Waals surface area contributed by atoms with Crippen molar-refractivity contribution in [2.45, 2.75) is 38.2 Å². The largest absolute Gasteiger partial charge is 0.390 e. The molecule has 0 saturated carbocycles. The van der Waals surface area contributed by atoms with Crippen LogP contribution in [0.1, 0.15) is 32.6 Å². The molecular formula is C24H30F2N2O. The van der Waals surface area contributed by atoms with Crippen molar-refractivity contribution in [2.75, 3.05) is 36.0 Å². The summed E-state index contributed by atoms with van der Waals surface area (Å²) in [5.41, 5.74) is 1.43. The quantitative estimate of drug-likeness (QED) is 0.795. The standard InChI is InChI=1S/C24H30F2N2O/c1-24(29,18-10-14-27(15-11-18)22-6-2-20(25)3-7-22)19-12-16-28(17-13-19)23-8-4-21(26)5-9-23/h2-9,18-19,29H,10-17H2,1H3. The Morgan fingerprint density at radius 3 is 1.31 bits per heavy atom. The minimum Gasteiger partial charge on any atom is -0.390 e. The maximum atomic E-state index is 13.2. The predicted molar refractivity (Wildman–Crippen MR) is 113 cm³/mol. The third-order valence-corrected chi connectivity index (χ3v) is 7.03. The molecular weight excluding hydrogens is 370 g/mol. The van der Waals surface area contributed by atoms with Crippen LogP contribution in [0.15, 0.2) is 48.5 Å². The van der Waals surface area contributed by atoms with Gasteiger partial charge in [0.2, 0.25) is 0 Å². The Morgan fingerprint density at radius 2 is 1.00 bits per heavy atom. The Morgan fingerprint density at radius 1 is 0.690 bits per heavy atom. The molecule has 2 aromatic carbocycles. The molecule has 0 aromatic heterocycles. The molecule has 1 N–H and O–H groups in total. The van der Waals surface area contributed by atoms with Crippen molar-refractivity contribution in [2.24, 2.45) is 11.8 Å². The van der Waals surface area contributed by atoms with E-state index in [0.717, 1.165) is 63.2 Å². The topological polar surface area (TPSA) is 26.7 Å². The summed E-state index contributed by atoms with van der Waals surface area (Å²) in [7, 11) is 0. The highest BCUT2D eigenvalue weighted by molar-refractivity contribution is 5.47. The first-order chi connectivity index (χ1) is 13.9. The van der Waals surface area contributed by atoms with Crippen LogP contribution in [0.2, 0.25) is 0 Å². The molecule has 29 heavy (non-hydrogen) atoms. The lowest BCUT2D eigenvalue weighted by atomic mass is 9.70. The van der Waals surface area contributed by atoms with Gasteiger partial charge in [-0.1, -0.05) is 0 Å². The number of piperidine rings is 2. The molecule has 156 valence electrons. The Balaban J connectivity index is 1.32. The van der Waals surface area contributed by atoms with Gasteiger partial charge in [0.05, 0.1) is 5.60 Å². The average molecular weight is 401 g/mol. The second-order valence-corrected chi connectivity index (χ2v) is 8.70. The van der Waals surface area contributed by atoms with E-state index in [1.807, 2.05) is 31.2 Å². The van der Waals surface area contributed by atoms with Crippen LogP contribution in [0.25, 0.3) is 0 Å². The number of hydrogen-bond acceptors (Lipinski definition) is 3. The van der Waals surface area contributed by atoms with Crippen LogP contribution in [-0.4, -0.2) is 36.9 Å². The summed E-state index contributed by atoms with van der Waals surface area (Å²) in [5.74, 6) is 0.139. The number of rotatable bonds is 4. The van der Waals surface area contributed by atoms with Crippen molar-refractivity contribution in [1.82, 2.24) is 0 Å². The van der Waals surface area contributed by atoms with Gasteiger partial charge in [0, 0.05) is 37.6 Å². The number of anilines is 2. The molecule has 0 amide bonds. The number of nitrogens with zero attached hydrogens (tertiary/aromatic N) is 2. The Bertz CT molecular complexity index is 723. The third kappa shape index (κ3) is 4.40. The van der Waals surface area contributed by atoms with Crippen LogP contribution in [-0.2, 0) is 0 Å². The summed E-state index contributed by atoms with van der Waals surface area (Å²) in [6, 6.07) is 13.4. The summed E-state index contributed by atoms with van der Waals surface area (Å²) in [4.78, 5) is 4.56. The highest BCUT2D eigenvalue weighted by Gasteiger charge is 2.42. The molecule has 0 aliphatic carbocycles. The first kappa shape index (κ1) is 20.1. The number of benzene rings is 2. The number of aliphatic hydroxyl groups is 1. The van der Waals surface area contributed by atoms with Crippen molar-refractivity contribution in [3.05, 3.63) is 60.2 Å². The van der Waals surface area contributed by atoms with E-state index in [4.69, 9.17) is 0 Å². The molecule has 2 fully saturated rings. The average Bonchev–Trinajstić information content (AvgIpc) is 2.75. The molecule has 2 aliphatic rings. The summed E-state index contributed by atoms with van der Waals surface area (Å²) < 4.78 is 26.3. The molecule has 2 aromatic rings. The number of hydrogen-bond donors (Lipinski definition) is 1. The van der Waals surface area contributed by atoms with Gasteiger partial charge in [-0.3, -0.25) is 0 Å². The zero-order chi connectivity index (χ0) is 20.4. The minimum atomic E-state index is -0.677. The van der Waals surface area contributed by atoms with E-state index in [1.54, 1.807) is 0 Å². The lowest BCUT2D eigenvalue weighted by molar-refractivity contribution is -0.0690. The Labute approximate surface area is 172 Å². The highest BCUT2D eigenvalue weighted by Crippen LogP contribution is 2.40. The lowest BCUT2D eigenvalue weighted by Crippen LogP contribution is -2.51. The molecule has 0 radical (unpaired) electrons. The Kier molecular flexibility index (Phi) is 5.77. The van der Waals surface area contributed by atoms with E-state index in [0.29, 0.717) is 0 Å². The van der Waals surface area contributed by atoms with Gasteiger partial charge < -0.3 is 14.9 Å². The van der Waals surface area contributed by atoms with Crippen LogP contribution < -0.4 is 9.80 Å². The molecule has 2 aliphatic heterocycles. The van der Waals surface area contributed by atoms with E-state index in [1.165, 1.54) is 24.3 Å². The second kappa shape index (κ2) is 8.31. The van der Waals surface area contributed by atoms with Crippen molar-refractivity contribution >= 4 is 11.4 Å². The summed E-state index contributed by atoms with van der Waals surface area (Å²) in [5, 5.41) is 11.4. The van der Waals surface area contributed by atoms with Crippen molar-refractivity contribution in [3.63, 3.8) is 0 Å². The van der Waals surface area contributed by atoms with Crippen LogP contribution in [0, 0.1) is 23.5 Å². The molecule has 5 heteroatoms. The molecule has 3 nitrogen and oxygen atoms in total. The van der Waals surface area contributed by atoms with Gasteiger partial charge in [0.15, 0.2) is 0 Å². The van der Waals surface area contributed by atoms with Crippen LogP contribution in [0.5, 0.6) is 0 Å². The maximum absolute atomic E-state index is 13.2. The minimum absolute atomic E-state index is 0.210. The van der Waals surface area contributed by atoms with Crippen LogP contribution >= 0.6 is 0 Å². The third-order valence-electron chi connectivity index (χ3n) is 7.03. The van der Waals surface area contributed by atoms with Gasteiger partial charge >= 0.3 is 0 Å². The van der Waals surface area contributed by atoms with Crippen LogP contribution in [0.4, 0.5) is 20.2 Å². The van der Waals surface area contributed by atoms with E-state index in [-0.39, 0.29) is 23.5 Å². The van der Waals surface area contributed by atoms with E-state index in [9.17, 15) is 13.9 Å². The van der Waals surface area contributed by atoms with Gasteiger partial charge in [-0.15, -0.1) is 0 Å². The van der Waals surface area contributed by atoms with E-state index in [2.05, 4.69) is 9.80 Å². The van der Waals surface area contributed by atoms with Gasteiger partial charge in [0.25, 0.3) is 0 Å². The molecule has 2 saturated heterocycles. The summed E-state index contributed by atoms with van der Waals surface area (Å²) in [6.07, 6.45) is 3.79. The monoisotopic (exact) mass is 400 g/mol. The smallest absolute Gasteiger partial charge is 0.123 e. The first-order valence-electron chi connectivity index (χ1n) is 10.7. The SMILES string of the molecule is CC(O)(C1CCN(c2ccc(F)cc2)CC1)C1CCN(c2ccc(F)cc2)CC1. The first-order valence-corrected chi connectivity index (χ1v) is 10.7. The molecule has 0 atom stereocenters. The van der Waals surface area contributed by atoms with E-state index < -0.39 is 5.60 Å². The molecule has 0 bridgehead atoms. The van der Waals surface area contributed by atoms with Crippen molar-refractivity contribution < 1.29 is 13.9 Å². The fraction of sp³-hybridized carbons (Fsp3) is 0.500. The van der Waals surface area contributed by atoms with Gasteiger partial charge in [0.1, 0.15) is 11.6 Å². The highest BCUT2D eigenvalue weighted by atomic mass is 19.1. The molecule has 0 spiro atoms. The zero-order valence-corrected chi connectivity index (χ0v) is 17.0. The molecule has 0 unspecified atom stereocenters. The predicted octanol–water partition coefficient (Wildman–Crippen LogP) is 4.85. The lowest BCUT2D eigenvalue weighted by Gasteiger charge is -2.47. The Hall–Kier alpha value is -2.14. The number of halogens is 2. The normalized spacial score (nSPS) is 19.6. The molecule has 4 rings (SSSR count). The second-order valence-electron chi connectivity index (χ2n) is 8.70. The molecule has 2 heterocycles. The summed E-state index contributed by atoms with van der Waals surface area (Å²) >= 11 is 0. The van der Waals surface area contributed by atoms with Gasteiger partial charge in [-0.25, -0.2) is 8.78 Å². The van der Waals surface area contributed by atoms with Gasteiger partial charge in [-0.05, 0) is 93.0 Å².